The van der Waals surface area contributed by atoms with Gasteiger partial charge in [0, 0.05) is 22.5 Å². The van der Waals surface area contributed by atoms with Gasteiger partial charge in [0.2, 0.25) is 0 Å². The number of para-hydroxylation sites is 1. The Morgan fingerprint density at radius 1 is 1.04 bits per heavy atom. The quantitative estimate of drug-likeness (QED) is 0.558. The lowest BCUT2D eigenvalue weighted by Crippen LogP contribution is -2.20. The summed E-state index contributed by atoms with van der Waals surface area (Å²) in [5, 5.41) is 13.7. The van der Waals surface area contributed by atoms with Gasteiger partial charge in [-0.25, -0.2) is 0 Å². The van der Waals surface area contributed by atoms with Crippen molar-refractivity contribution >= 4 is 33.5 Å². The predicted molar refractivity (Wildman–Crippen MR) is 106 cm³/mol. The van der Waals surface area contributed by atoms with Gasteiger partial charge in [-0.15, -0.1) is 0 Å². The number of benzene rings is 3. The molecule has 1 heterocycles. The van der Waals surface area contributed by atoms with Crippen molar-refractivity contribution < 1.29 is 18.7 Å². The smallest absolute Gasteiger partial charge is 0.262 e. The Balaban J connectivity index is 1.48. The Labute approximate surface area is 160 Å². The first kappa shape index (κ1) is 17.4. The molecule has 0 unspecified atom stereocenters. The molecule has 0 atom stereocenters. The first-order chi connectivity index (χ1) is 13.7. The van der Waals surface area contributed by atoms with E-state index in [0.29, 0.717) is 22.7 Å². The van der Waals surface area contributed by atoms with Crippen LogP contribution in [0.15, 0.2) is 65.1 Å². The van der Waals surface area contributed by atoms with E-state index in [9.17, 15) is 4.79 Å². The minimum atomic E-state index is -0.307. The first-order valence-corrected chi connectivity index (χ1v) is 8.60. The van der Waals surface area contributed by atoms with E-state index in [4.69, 9.17) is 19.2 Å². The molecule has 4 rings (SSSR count). The predicted octanol–water partition coefficient (Wildman–Crippen LogP) is 4.48. The van der Waals surface area contributed by atoms with Crippen molar-refractivity contribution in [3.63, 3.8) is 0 Å². The van der Waals surface area contributed by atoms with Gasteiger partial charge in [-0.3, -0.25) is 4.79 Å². The molecule has 6 heteroatoms. The van der Waals surface area contributed by atoms with Gasteiger partial charge in [0.15, 0.2) is 18.1 Å². The number of methoxy groups -OCH3 is 1. The third kappa shape index (κ3) is 3.33. The molecule has 1 amide bonds. The van der Waals surface area contributed by atoms with Crippen LogP contribution < -0.4 is 14.8 Å². The van der Waals surface area contributed by atoms with Crippen LogP contribution >= 0.6 is 0 Å². The van der Waals surface area contributed by atoms with Gasteiger partial charge in [0.05, 0.1) is 18.7 Å². The molecule has 0 saturated heterocycles. The molecule has 6 nitrogen and oxygen atoms in total. The average molecular weight is 372 g/mol. The molecule has 1 N–H and O–H groups in total. The standard InChI is InChI=1S/C22H16N2O4/c1-26-21-10-14(12-23)6-8-20(21)27-13-22(25)24-15-7-9-19-17(11-15)16-4-2-3-5-18(16)28-19/h2-11H,13H2,1H3,(H,24,25). The number of anilines is 1. The second kappa shape index (κ2) is 7.33. The number of hydrogen-bond donors (Lipinski definition) is 1. The van der Waals surface area contributed by atoms with Crippen molar-refractivity contribution in [2.75, 3.05) is 19.0 Å². The molecule has 3 aromatic carbocycles. The van der Waals surface area contributed by atoms with E-state index in [0.717, 1.165) is 21.9 Å². The van der Waals surface area contributed by atoms with Crippen LogP contribution in [0.2, 0.25) is 0 Å². The minimum absolute atomic E-state index is 0.188. The van der Waals surface area contributed by atoms with E-state index in [1.807, 2.05) is 42.5 Å². The largest absolute Gasteiger partial charge is 0.493 e. The molecule has 28 heavy (non-hydrogen) atoms. The maximum Gasteiger partial charge on any atom is 0.262 e. The molecule has 0 radical (unpaired) electrons. The average Bonchev–Trinajstić information content (AvgIpc) is 3.10. The molecule has 4 aromatic rings. The maximum atomic E-state index is 12.3. The number of rotatable bonds is 5. The van der Waals surface area contributed by atoms with Crippen molar-refractivity contribution in [3.8, 4) is 17.6 Å². The highest BCUT2D eigenvalue weighted by Gasteiger charge is 2.11. The van der Waals surface area contributed by atoms with Crippen LogP contribution in [0, 0.1) is 11.3 Å². The van der Waals surface area contributed by atoms with Gasteiger partial charge in [0.25, 0.3) is 5.91 Å². The summed E-state index contributed by atoms with van der Waals surface area (Å²) in [5.74, 6) is 0.490. The van der Waals surface area contributed by atoms with Gasteiger partial charge in [-0.1, -0.05) is 18.2 Å². The van der Waals surface area contributed by atoms with Crippen molar-refractivity contribution in [2.45, 2.75) is 0 Å². The third-order valence-corrected chi connectivity index (χ3v) is 4.31. The van der Waals surface area contributed by atoms with E-state index < -0.39 is 0 Å². The Bertz CT molecular complexity index is 1220. The molecule has 0 spiro atoms. The number of amides is 1. The van der Waals surface area contributed by atoms with Gasteiger partial charge >= 0.3 is 0 Å². The van der Waals surface area contributed by atoms with Crippen molar-refractivity contribution in [2.24, 2.45) is 0 Å². The van der Waals surface area contributed by atoms with E-state index in [-0.39, 0.29) is 12.5 Å². The molecule has 0 aliphatic heterocycles. The fourth-order valence-electron chi connectivity index (χ4n) is 3.00. The minimum Gasteiger partial charge on any atom is -0.493 e. The third-order valence-electron chi connectivity index (χ3n) is 4.31. The summed E-state index contributed by atoms with van der Waals surface area (Å²) < 4.78 is 16.5. The Kier molecular flexibility index (Phi) is 4.56. The summed E-state index contributed by atoms with van der Waals surface area (Å²) in [6.07, 6.45) is 0. The number of carbonyl (C=O) groups is 1. The van der Waals surface area contributed by atoms with Crippen LogP contribution in [-0.2, 0) is 4.79 Å². The monoisotopic (exact) mass is 372 g/mol. The highest BCUT2D eigenvalue weighted by Crippen LogP contribution is 2.31. The van der Waals surface area contributed by atoms with Gasteiger partial charge in [-0.05, 0) is 36.4 Å². The van der Waals surface area contributed by atoms with E-state index >= 15 is 0 Å². The summed E-state index contributed by atoms with van der Waals surface area (Å²) in [7, 11) is 1.48. The van der Waals surface area contributed by atoms with Crippen molar-refractivity contribution in [1.29, 1.82) is 5.26 Å². The molecule has 138 valence electrons. The summed E-state index contributed by atoms with van der Waals surface area (Å²) in [5.41, 5.74) is 2.67. The molecule has 0 aliphatic rings. The number of carbonyl (C=O) groups excluding carboxylic acids is 1. The maximum absolute atomic E-state index is 12.3. The molecule has 0 aliphatic carbocycles. The number of furan rings is 1. The first-order valence-electron chi connectivity index (χ1n) is 8.60. The fourth-order valence-corrected chi connectivity index (χ4v) is 3.00. The Morgan fingerprint density at radius 2 is 1.86 bits per heavy atom. The Morgan fingerprint density at radius 3 is 2.68 bits per heavy atom. The lowest BCUT2D eigenvalue weighted by molar-refractivity contribution is -0.118. The lowest BCUT2D eigenvalue weighted by atomic mass is 10.1. The number of ether oxygens (including phenoxy) is 2. The normalized spacial score (nSPS) is 10.6. The van der Waals surface area contributed by atoms with E-state index in [1.54, 1.807) is 24.3 Å². The zero-order valence-corrected chi connectivity index (χ0v) is 15.1. The topological polar surface area (TPSA) is 84.5 Å². The van der Waals surface area contributed by atoms with Crippen LogP contribution in [-0.4, -0.2) is 19.6 Å². The highest BCUT2D eigenvalue weighted by molar-refractivity contribution is 6.07. The van der Waals surface area contributed by atoms with Crippen LogP contribution in [0.3, 0.4) is 0 Å². The summed E-state index contributed by atoms with van der Waals surface area (Å²) in [6.45, 7) is -0.188. The van der Waals surface area contributed by atoms with Gasteiger partial charge in [0.1, 0.15) is 11.2 Å². The molecule has 0 saturated carbocycles. The summed E-state index contributed by atoms with van der Waals surface area (Å²) in [6, 6.07) is 20.0. The van der Waals surface area contributed by atoms with Crippen molar-refractivity contribution in [3.05, 3.63) is 66.2 Å². The second-order valence-electron chi connectivity index (χ2n) is 6.12. The second-order valence-corrected chi connectivity index (χ2v) is 6.12. The highest BCUT2D eigenvalue weighted by atomic mass is 16.5. The van der Waals surface area contributed by atoms with E-state index in [2.05, 4.69) is 5.32 Å². The van der Waals surface area contributed by atoms with Crippen molar-refractivity contribution in [1.82, 2.24) is 0 Å². The van der Waals surface area contributed by atoms with Crippen LogP contribution in [0.4, 0.5) is 5.69 Å². The van der Waals surface area contributed by atoms with Crippen LogP contribution in [0.1, 0.15) is 5.56 Å². The number of nitrogens with zero attached hydrogens (tertiary/aromatic N) is 1. The van der Waals surface area contributed by atoms with E-state index in [1.165, 1.54) is 7.11 Å². The van der Waals surface area contributed by atoms with Crippen LogP contribution in [0.25, 0.3) is 21.9 Å². The molecular formula is C22H16N2O4. The molecular weight excluding hydrogens is 356 g/mol. The van der Waals surface area contributed by atoms with Gasteiger partial charge in [-0.2, -0.15) is 5.26 Å². The molecule has 0 bridgehead atoms. The zero-order valence-electron chi connectivity index (χ0n) is 15.1. The summed E-state index contributed by atoms with van der Waals surface area (Å²) >= 11 is 0. The van der Waals surface area contributed by atoms with Crippen LogP contribution in [0.5, 0.6) is 11.5 Å². The SMILES string of the molecule is COc1cc(C#N)ccc1OCC(=O)Nc1ccc2oc3ccccc3c2c1. The fraction of sp³-hybridized carbons (Fsp3) is 0.0909. The number of nitriles is 1. The number of hydrogen-bond acceptors (Lipinski definition) is 5. The van der Waals surface area contributed by atoms with Gasteiger partial charge < -0.3 is 19.2 Å². The number of fused-ring (bicyclic) bond motifs is 3. The summed E-state index contributed by atoms with van der Waals surface area (Å²) in [4.78, 5) is 12.3. The molecule has 0 fully saturated rings. The Hall–Kier alpha value is -3.98. The zero-order chi connectivity index (χ0) is 19.5. The lowest BCUT2D eigenvalue weighted by Gasteiger charge is -2.11. The number of nitrogens with one attached hydrogen (secondary N) is 1. The molecule has 1 aromatic heterocycles.